The van der Waals surface area contributed by atoms with E-state index in [4.69, 9.17) is 0 Å². The second-order valence-electron chi connectivity index (χ2n) is 6.03. The van der Waals surface area contributed by atoms with Gasteiger partial charge in [0, 0.05) is 31.6 Å². The summed E-state index contributed by atoms with van der Waals surface area (Å²) in [7, 11) is 0. The smallest absolute Gasteiger partial charge is 0.227 e. The highest BCUT2D eigenvalue weighted by Crippen LogP contribution is 2.22. The molecule has 0 aromatic heterocycles. The van der Waals surface area contributed by atoms with Crippen molar-refractivity contribution in [2.45, 2.75) is 46.1 Å². The fourth-order valence-electron chi connectivity index (χ4n) is 2.46. The molecule has 1 aliphatic rings. The van der Waals surface area contributed by atoms with Gasteiger partial charge in [-0.2, -0.15) is 0 Å². The molecule has 1 saturated heterocycles. The minimum Gasteiger partial charge on any atom is -0.352 e. The molecule has 21 heavy (non-hydrogen) atoms. The highest BCUT2D eigenvalue weighted by atomic mass is 16.2. The van der Waals surface area contributed by atoms with E-state index >= 15 is 0 Å². The maximum atomic E-state index is 11.8. The van der Waals surface area contributed by atoms with Crippen molar-refractivity contribution in [3.8, 4) is 0 Å². The monoisotopic (exact) mass is 288 g/mol. The van der Waals surface area contributed by atoms with Gasteiger partial charge in [-0.15, -0.1) is 0 Å². The Kier molecular flexibility index (Phi) is 5.37. The van der Waals surface area contributed by atoms with Gasteiger partial charge in [-0.25, -0.2) is 0 Å². The number of nitrogens with zero attached hydrogens (tertiary/aromatic N) is 1. The average molecular weight is 288 g/mol. The summed E-state index contributed by atoms with van der Waals surface area (Å²) in [5, 5.41) is 2.94. The fraction of sp³-hybridized carbons (Fsp3) is 0.529. The predicted octanol–water partition coefficient (Wildman–Crippen LogP) is 2.87. The Bertz CT molecular complexity index is 511. The lowest BCUT2D eigenvalue weighted by molar-refractivity contribution is -0.121. The summed E-state index contributed by atoms with van der Waals surface area (Å²) in [6.45, 7) is 5.55. The first kappa shape index (κ1) is 15.5. The van der Waals surface area contributed by atoms with E-state index in [2.05, 4.69) is 19.2 Å². The molecule has 114 valence electrons. The SMILES string of the molecule is CC(C)CCC(=O)NCc1cccc(N2CCCC2=O)c1. The molecule has 0 radical (unpaired) electrons. The number of carbonyl (C=O) groups excluding carboxylic acids is 2. The first-order valence-electron chi connectivity index (χ1n) is 7.72. The minimum atomic E-state index is 0.0892. The molecule has 1 fully saturated rings. The molecule has 2 rings (SSSR count). The Morgan fingerprint density at radius 1 is 1.38 bits per heavy atom. The first-order valence-corrected chi connectivity index (χ1v) is 7.72. The molecule has 4 nitrogen and oxygen atoms in total. The van der Waals surface area contributed by atoms with Crippen LogP contribution in [0.25, 0.3) is 0 Å². The van der Waals surface area contributed by atoms with Crippen molar-refractivity contribution in [1.82, 2.24) is 5.32 Å². The molecule has 1 aliphatic heterocycles. The van der Waals surface area contributed by atoms with Crippen LogP contribution < -0.4 is 10.2 Å². The zero-order valence-corrected chi connectivity index (χ0v) is 12.9. The van der Waals surface area contributed by atoms with Crippen molar-refractivity contribution in [3.63, 3.8) is 0 Å². The second-order valence-corrected chi connectivity index (χ2v) is 6.03. The fourth-order valence-corrected chi connectivity index (χ4v) is 2.46. The minimum absolute atomic E-state index is 0.0892. The summed E-state index contributed by atoms with van der Waals surface area (Å²) < 4.78 is 0. The zero-order valence-electron chi connectivity index (χ0n) is 12.9. The average Bonchev–Trinajstić information content (AvgIpc) is 2.89. The lowest BCUT2D eigenvalue weighted by atomic mass is 10.1. The van der Waals surface area contributed by atoms with Crippen molar-refractivity contribution < 1.29 is 9.59 Å². The van der Waals surface area contributed by atoms with Crippen molar-refractivity contribution >= 4 is 17.5 Å². The van der Waals surface area contributed by atoms with Gasteiger partial charge in [0.15, 0.2) is 0 Å². The molecular weight excluding hydrogens is 264 g/mol. The number of hydrogen-bond acceptors (Lipinski definition) is 2. The number of nitrogens with one attached hydrogen (secondary N) is 1. The largest absolute Gasteiger partial charge is 0.352 e. The van der Waals surface area contributed by atoms with E-state index in [1.54, 1.807) is 0 Å². The Hall–Kier alpha value is -1.84. The molecule has 0 saturated carbocycles. The number of anilines is 1. The van der Waals surface area contributed by atoms with E-state index in [1.165, 1.54) is 0 Å². The van der Waals surface area contributed by atoms with Crippen molar-refractivity contribution in [2.75, 3.05) is 11.4 Å². The maximum Gasteiger partial charge on any atom is 0.227 e. The van der Waals surface area contributed by atoms with Crippen molar-refractivity contribution in [2.24, 2.45) is 5.92 Å². The quantitative estimate of drug-likeness (QED) is 0.875. The summed E-state index contributed by atoms with van der Waals surface area (Å²) in [6.07, 6.45) is 3.04. The van der Waals surface area contributed by atoms with Crippen LogP contribution in [0.15, 0.2) is 24.3 Å². The molecule has 0 unspecified atom stereocenters. The van der Waals surface area contributed by atoms with Gasteiger partial charge in [0.1, 0.15) is 0 Å². The van der Waals surface area contributed by atoms with Gasteiger partial charge in [-0.3, -0.25) is 9.59 Å². The standard InChI is InChI=1S/C17H24N2O2/c1-13(2)8-9-16(20)18-12-14-5-3-6-15(11-14)19-10-4-7-17(19)21/h3,5-6,11,13H,4,7-10,12H2,1-2H3,(H,18,20). The lowest BCUT2D eigenvalue weighted by Gasteiger charge is -2.16. The van der Waals surface area contributed by atoms with Gasteiger partial charge < -0.3 is 10.2 Å². The summed E-state index contributed by atoms with van der Waals surface area (Å²) in [6, 6.07) is 7.86. The van der Waals surface area contributed by atoms with E-state index in [0.29, 0.717) is 25.3 Å². The van der Waals surface area contributed by atoms with Crippen LogP contribution in [-0.4, -0.2) is 18.4 Å². The van der Waals surface area contributed by atoms with Crippen LogP contribution in [0.3, 0.4) is 0 Å². The molecule has 4 heteroatoms. The van der Waals surface area contributed by atoms with Gasteiger partial charge in [0.2, 0.25) is 11.8 Å². The maximum absolute atomic E-state index is 11.8. The molecule has 1 N–H and O–H groups in total. The Morgan fingerprint density at radius 2 is 2.19 bits per heavy atom. The second kappa shape index (κ2) is 7.25. The third kappa shape index (κ3) is 4.59. The molecule has 0 aliphatic carbocycles. The van der Waals surface area contributed by atoms with Crippen LogP contribution in [0.5, 0.6) is 0 Å². The Morgan fingerprint density at radius 3 is 2.86 bits per heavy atom. The van der Waals surface area contributed by atoms with E-state index in [-0.39, 0.29) is 11.8 Å². The van der Waals surface area contributed by atoms with Gasteiger partial charge in [0.25, 0.3) is 0 Å². The van der Waals surface area contributed by atoms with Gasteiger partial charge in [0.05, 0.1) is 0 Å². The summed E-state index contributed by atoms with van der Waals surface area (Å²) in [4.78, 5) is 25.3. The molecule has 1 aromatic rings. The molecule has 1 aromatic carbocycles. The van der Waals surface area contributed by atoms with Crippen LogP contribution in [-0.2, 0) is 16.1 Å². The van der Waals surface area contributed by atoms with Crippen LogP contribution in [0.4, 0.5) is 5.69 Å². The van der Waals surface area contributed by atoms with E-state index < -0.39 is 0 Å². The molecule has 0 spiro atoms. The molecule has 2 amide bonds. The number of benzene rings is 1. The van der Waals surface area contributed by atoms with Crippen molar-refractivity contribution in [1.29, 1.82) is 0 Å². The van der Waals surface area contributed by atoms with Crippen LogP contribution in [0.2, 0.25) is 0 Å². The molecule has 0 bridgehead atoms. The first-order chi connectivity index (χ1) is 10.1. The predicted molar refractivity (Wildman–Crippen MR) is 83.9 cm³/mol. The van der Waals surface area contributed by atoms with E-state index in [0.717, 1.165) is 30.6 Å². The number of carbonyl (C=O) groups is 2. The van der Waals surface area contributed by atoms with Gasteiger partial charge in [-0.1, -0.05) is 26.0 Å². The van der Waals surface area contributed by atoms with Crippen LogP contribution >= 0.6 is 0 Å². The molecular formula is C17H24N2O2. The summed E-state index contributed by atoms with van der Waals surface area (Å²) >= 11 is 0. The zero-order chi connectivity index (χ0) is 15.2. The van der Waals surface area contributed by atoms with Crippen molar-refractivity contribution in [3.05, 3.63) is 29.8 Å². The Balaban J connectivity index is 1.89. The van der Waals surface area contributed by atoms with Crippen LogP contribution in [0.1, 0.15) is 45.1 Å². The number of hydrogen-bond donors (Lipinski definition) is 1. The van der Waals surface area contributed by atoms with Gasteiger partial charge >= 0.3 is 0 Å². The highest BCUT2D eigenvalue weighted by Gasteiger charge is 2.21. The van der Waals surface area contributed by atoms with Crippen LogP contribution in [0, 0.1) is 5.92 Å². The van der Waals surface area contributed by atoms with E-state index in [9.17, 15) is 9.59 Å². The topological polar surface area (TPSA) is 49.4 Å². The third-order valence-electron chi connectivity index (χ3n) is 3.73. The third-order valence-corrected chi connectivity index (χ3v) is 3.73. The highest BCUT2D eigenvalue weighted by molar-refractivity contribution is 5.95. The molecule has 0 atom stereocenters. The Labute approximate surface area is 126 Å². The summed E-state index contributed by atoms with van der Waals surface area (Å²) in [5.74, 6) is 0.819. The normalized spacial score (nSPS) is 14.8. The summed E-state index contributed by atoms with van der Waals surface area (Å²) in [5.41, 5.74) is 1.97. The number of rotatable bonds is 6. The van der Waals surface area contributed by atoms with Gasteiger partial charge in [-0.05, 0) is 36.5 Å². The number of amides is 2. The lowest BCUT2D eigenvalue weighted by Crippen LogP contribution is -2.25. The van der Waals surface area contributed by atoms with E-state index in [1.807, 2.05) is 29.2 Å². The molecule has 1 heterocycles.